The SMILES string of the molecule is CCOC(=O)CC1(C)CCCCC1=O. The molecule has 0 amide bonds. The van der Waals surface area contributed by atoms with Gasteiger partial charge >= 0.3 is 5.97 Å². The van der Waals surface area contributed by atoms with Crippen molar-refractivity contribution < 1.29 is 14.3 Å². The van der Waals surface area contributed by atoms with Crippen molar-refractivity contribution in [3.05, 3.63) is 0 Å². The molecule has 1 aliphatic carbocycles. The fraction of sp³-hybridized carbons (Fsp3) is 0.818. The average molecular weight is 198 g/mol. The first-order chi connectivity index (χ1) is 6.58. The van der Waals surface area contributed by atoms with Crippen molar-refractivity contribution in [3.63, 3.8) is 0 Å². The van der Waals surface area contributed by atoms with Crippen molar-refractivity contribution in [2.24, 2.45) is 5.41 Å². The highest BCUT2D eigenvalue weighted by Gasteiger charge is 2.37. The van der Waals surface area contributed by atoms with Crippen molar-refractivity contribution >= 4 is 11.8 Å². The minimum atomic E-state index is -0.454. The molecule has 1 atom stereocenters. The van der Waals surface area contributed by atoms with Gasteiger partial charge in [0.15, 0.2) is 0 Å². The summed E-state index contributed by atoms with van der Waals surface area (Å²) in [6.45, 7) is 4.05. The highest BCUT2D eigenvalue weighted by Crippen LogP contribution is 2.35. The molecule has 80 valence electrons. The molecule has 1 rings (SSSR count). The number of ether oxygens (including phenoxy) is 1. The fourth-order valence-corrected chi connectivity index (χ4v) is 1.96. The van der Waals surface area contributed by atoms with E-state index in [2.05, 4.69) is 0 Å². The summed E-state index contributed by atoms with van der Waals surface area (Å²) >= 11 is 0. The van der Waals surface area contributed by atoms with Gasteiger partial charge in [0.1, 0.15) is 5.78 Å². The summed E-state index contributed by atoms with van der Waals surface area (Å²) in [5.41, 5.74) is -0.454. The zero-order valence-corrected chi connectivity index (χ0v) is 8.97. The molecule has 0 bridgehead atoms. The Bertz CT molecular complexity index is 235. The molecule has 3 nitrogen and oxygen atoms in total. The lowest BCUT2D eigenvalue weighted by Gasteiger charge is -2.30. The van der Waals surface area contributed by atoms with Gasteiger partial charge in [-0.2, -0.15) is 0 Å². The molecule has 0 aromatic heterocycles. The van der Waals surface area contributed by atoms with Gasteiger partial charge in [-0.3, -0.25) is 9.59 Å². The lowest BCUT2D eigenvalue weighted by molar-refractivity contribution is -0.150. The summed E-state index contributed by atoms with van der Waals surface area (Å²) in [4.78, 5) is 22.9. The summed E-state index contributed by atoms with van der Waals surface area (Å²) in [7, 11) is 0. The Balaban J connectivity index is 2.55. The van der Waals surface area contributed by atoms with Crippen LogP contribution in [0.4, 0.5) is 0 Å². The second-order valence-electron chi connectivity index (χ2n) is 4.17. The summed E-state index contributed by atoms with van der Waals surface area (Å²) in [6, 6.07) is 0. The highest BCUT2D eigenvalue weighted by molar-refractivity contribution is 5.89. The second-order valence-corrected chi connectivity index (χ2v) is 4.17. The minimum Gasteiger partial charge on any atom is -0.466 e. The molecular formula is C11H18O3. The molecule has 0 N–H and O–H groups in total. The van der Waals surface area contributed by atoms with E-state index in [1.807, 2.05) is 6.92 Å². The van der Waals surface area contributed by atoms with Crippen LogP contribution in [0.1, 0.15) is 46.0 Å². The smallest absolute Gasteiger partial charge is 0.306 e. The topological polar surface area (TPSA) is 43.4 Å². The van der Waals surface area contributed by atoms with Gasteiger partial charge in [0.2, 0.25) is 0 Å². The van der Waals surface area contributed by atoms with E-state index >= 15 is 0 Å². The van der Waals surface area contributed by atoms with Crippen LogP contribution in [-0.2, 0) is 14.3 Å². The molecule has 1 saturated carbocycles. The molecule has 14 heavy (non-hydrogen) atoms. The number of rotatable bonds is 3. The van der Waals surface area contributed by atoms with Crippen LogP contribution in [0.25, 0.3) is 0 Å². The second kappa shape index (κ2) is 4.58. The highest BCUT2D eigenvalue weighted by atomic mass is 16.5. The molecule has 0 aromatic rings. The Hall–Kier alpha value is -0.860. The molecule has 1 aliphatic rings. The molecule has 1 unspecified atom stereocenters. The van der Waals surface area contributed by atoms with Gasteiger partial charge in [0.25, 0.3) is 0 Å². The third kappa shape index (κ3) is 2.56. The normalized spacial score (nSPS) is 27.4. The van der Waals surface area contributed by atoms with Gasteiger partial charge < -0.3 is 4.74 Å². The monoisotopic (exact) mass is 198 g/mol. The molecule has 0 spiro atoms. The molecule has 0 aromatic carbocycles. The summed E-state index contributed by atoms with van der Waals surface area (Å²) < 4.78 is 4.87. The van der Waals surface area contributed by atoms with Crippen molar-refractivity contribution in [2.45, 2.75) is 46.0 Å². The molecular weight excluding hydrogens is 180 g/mol. The zero-order chi connectivity index (χ0) is 10.6. The number of carbonyl (C=O) groups is 2. The van der Waals surface area contributed by atoms with Crippen molar-refractivity contribution in [3.8, 4) is 0 Å². The number of esters is 1. The van der Waals surface area contributed by atoms with E-state index in [-0.39, 0.29) is 18.2 Å². The Morgan fingerprint density at radius 1 is 1.50 bits per heavy atom. The molecule has 0 heterocycles. The Labute approximate surface area is 84.8 Å². The summed E-state index contributed by atoms with van der Waals surface area (Å²) in [5, 5.41) is 0. The van der Waals surface area contributed by atoms with Crippen LogP contribution < -0.4 is 0 Å². The van der Waals surface area contributed by atoms with Crippen LogP contribution in [0.3, 0.4) is 0 Å². The van der Waals surface area contributed by atoms with Gasteiger partial charge in [0.05, 0.1) is 13.0 Å². The minimum absolute atomic E-state index is 0.219. The van der Waals surface area contributed by atoms with Crippen molar-refractivity contribution in [2.75, 3.05) is 6.61 Å². The number of carbonyl (C=O) groups excluding carboxylic acids is 2. The van der Waals surface area contributed by atoms with Crippen LogP contribution >= 0.6 is 0 Å². The lowest BCUT2D eigenvalue weighted by Crippen LogP contribution is -2.34. The standard InChI is InChI=1S/C11H18O3/c1-3-14-10(13)8-11(2)7-5-4-6-9(11)12/h3-8H2,1-2H3. The van der Waals surface area contributed by atoms with Crippen LogP contribution in [0.2, 0.25) is 0 Å². The Kier molecular flexibility index (Phi) is 3.67. The predicted molar refractivity (Wildman–Crippen MR) is 52.8 cm³/mol. The molecule has 0 aliphatic heterocycles. The van der Waals surface area contributed by atoms with Crippen molar-refractivity contribution in [1.29, 1.82) is 0 Å². The van der Waals surface area contributed by atoms with Crippen LogP contribution in [0.15, 0.2) is 0 Å². The summed E-state index contributed by atoms with van der Waals surface area (Å²) in [6.07, 6.45) is 3.71. The van der Waals surface area contributed by atoms with Crippen LogP contribution in [-0.4, -0.2) is 18.4 Å². The first kappa shape index (κ1) is 11.2. The molecule has 3 heteroatoms. The van der Waals surface area contributed by atoms with Gasteiger partial charge in [-0.25, -0.2) is 0 Å². The van der Waals surface area contributed by atoms with E-state index in [9.17, 15) is 9.59 Å². The molecule has 1 fully saturated rings. The number of hydrogen-bond acceptors (Lipinski definition) is 3. The predicted octanol–water partition coefficient (Wildman–Crippen LogP) is 2.09. The number of hydrogen-bond donors (Lipinski definition) is 0. The van der Waals surface area contributed by atoms with Crippen LogP contribution in [0, 0.1) is 5.41 Å². The molecule has 0 saturated heterocycles. The Morgan fingerprint density at radius 2 is 2.21 bits per heavy atom. The van der Waals surface area contributed by atoms with Crippen molar-refractivity contribution in [1.82, 2.24) is 0 Å². The quantitative estimate of drug-likeness (QED) is 0.652. The maximum Gasteiger partial charge on any atom is 0.306 e. The van der Waals surface area contributed by atoms with E-state index in [0.717, 1.165) is 19.3 Å². The van der Waals surface area contributed by atoms with E-state index in [1.54, 1.807) is 6.92 Å². The molecule has 0 radical (unpaired) electrons. The maximum atomic E-state index is 11.6. The largest absolute Gasteiger partial charge is 0.466 e. The maximum absolute atomic E-state index is 11.6. The third-order valence-electron chi connectivity index (χ3n) is 2.90. The van der Waals surface area contributed by atoms with Gasteiger partial charge in [-0.1, -0.05) is 13.3 Å². The first-order valence-corrected chi connectivity index (χ1v) is 5.27. The Morgan fingerprint density at radius 3 is 2.79 bits per heavy atom. The van der Waals surface area contributed by atoms with Gasteiger partial charge in [-0.05, 0) is 19.8 Å². The van der Waals surface area contributed by atoms with Crippen LogP contribution in [0.5, 0.6) is 0 Å². The summed E-state index contributed by atoms with van der Waals surface area (Å²) in [5.74, 6) is -0.0259. The van der Waals surface area contributed by atoms with E-state index in [1.165, 1.54) is 0 Å². The van der Waals surface area contributed by atoms with E-state index in [0.29, 0.717) is 13.0 Å². The first-order valence-electron chi connectivity index (χ1n) is 5.27. The average Bonchev–Trinajstić information content (AvgIpc) is 2.10. The lowest BCUT2D eigenvalue weighted by atomic mass is 9.72. The number of ketones is 1. The fourth-order valence-electron chi connectivity index (χ4n) is 1.96. The van der Waals surface area contributed by atoms with E-state index in [4.69, 9.17) is 4.74 Å². The van der Waals surface area contributed by atoms with E-state index < -0.39 is 5.41 Å². The zero-order valence-electron chi connectivity index (χ0n) is 8.97. The third-order valence-corrected chi connectivity index (χ3v) is 2.90. The number of Topliss-reactive ketones (excluding diaryl/α,β-unsaturated/α-hetero) is 1. The van der Waals surface area contributed by atoms with Gasteiger partial charge in [-0.15, -0.1) is 0 Å². The van der Waals surface area contributed by atoms with Gasteiger partial charge in [0, 0.05) is 11.8 Å².